The van der Waals surface area contributed by atoms with Crippen molar-refractivity contribution in [3.63, 3.8) is 0 Å². The number of halogens is 3. The van der Waals surface area contributed by atoms with E-state index in [1.807, 2.05) is 6.92 Å². The van der Waals surface area contributed by atoms with E-state index in [0.717, 1.165) is 0 Å². The van der Waals surface area contributed by atoms with E-state index in [4.69, 9.17) is 33.7 Å². The van der Waals surface area contributed by atoms with Gasteiger partial charge in [0.25, 0.3) is 0 Å². The maximum Gasteiger partial charge on any atom is 0.166 e. The lowest BCUT2D eigenvalue weighted by molar-refractivity contribution is 0.434. The summed E-state index contributed by atoms with van der Waals surface area (Å²) >= 11 is 11.9. The second kappa shape index (κ2) is 6.44. The van der Waals surface area contributed by atoms with Crippen LogP contribution in [0.5, 0.6) is 11.5 Å². The molecule has 0 fully saturated rings. The van der Waals surface area contributed by atoms with Crippen molar-refractivity contribution in [2.75, 3.05) is 0 Å². The van der Waals surface area contributed by atoms with Crippen LogP contribution in [0.15, 0.2) is 36.4 Å². The number of rotatable bonds is 4. The quantitative estimate of drug-likeness (QED) is 0.878. The Bertz CT molecular complexity index is 617. The zero-order valence-corrected chi connectivity index (χ0v) is 12.4. The van der Waals surface area contributed by atoms with Crippen LogP contribution < -0.4 is 10.5 Å². The number of ether oxygens (including phenoxy) is 1. The van der Waals surface area contributed by atoms with Crippen molar-refractivity contribution in [3.05, 3.63) is 57.8 Å². The van der Waals surface area contributed by atoms with E-state index in [1.54, 1.807) is 30.3 Å². The molecule has 2 rings (SSSR count). The fourth-order valence-corrected chi connectivity index (χ4v) is 2.29. The molecule has 0 saturated carbocycles. The molecule has 0 spiro atoms. The maximum atomic E-state index is 14.0. The average molecular weight is 314 g/mol. The Morgan fingerprint density at radius 1 is 1.25 bits per heavy atom. The van der Waals surface area contributed by atoms with Crippen molar-refractivity contribution in [1.29, 1.82) is 0 Å². The third kappa shape index (κ3) is 3.63. The molecule has 0 radical (unpaired) electrons. The predicted molar refractivity (Wildman–Crippen MR) is 80.3 cm³/mol. The van der Waals surface area contributed by atoms with Crippen LogP contribution in [0.25, 0.3) is 0 Å². The molecule has 2 N–H and O–H groups in total. The minimum atomic E-state index is -0.450. The Labute approximate surface area is 127 Å². The van der Waals surface area contributed by atoms with Gasteiger partial charge in [0.1, 0.15) is 5.75 Å². The summed E-state index contributed by atoms with van der Waals surface area (Å²) in [7, 11) is 0. The van der Waals surface area contributed by atoms with Crippen LogP contribution in [0, 0.1) is 5.82 Å². The minimum Gasteiger partial charge on any atom is -0.452 e. The van der Waals surface area contributed by atoms with Gasteiger partial charge in [-0.15, -0.1) is 0 Å². The molecule has 0 aliphatic rings. The molecule has 0 heterocycles. The highest BCUT2D eigenvalue weighted by molar-refractivity contribution is 6.35. The van der Waals surface area contributed by atoms with Gasteiger partial charge in [0.15, 0.2) is 11.6 Å². The van der Waals surface area contributed by atoms with E-state index >= 15 is 0 Å². The zero-order valence-electron chi connectivity index (χ0n) is 10.9. The zero-order chi connectivity index (χ0) is 14.7. The van der Waals surface area contributed by atoms with E-state index in [-0.39, 0.29) is 11.8 Å². The second-order valence-electron chi connectivity index (χ2n) is 4.59. The lowest BCUT2D eigenvalue weighted by Gasteiger charge is -2.14. The fraction of sp³-hybridized carbons (Fsp3) is 0.200. The second-order valence-corrected chi connectivity index (χ2v) is 5.43. The summed E-state index contributed by atoms with van der Waals surface area (Å²) < 4.78 is 19.6. The molecule has 5 heteroatoms. The standard InChI is InChI=1S/C15H14Cl2FNO/c1-9(19)7-10-3-2-4-13(18)15(10)20-14-6-5-11(16)8-12(14)17/h2-6,8-9H,7,19H2,1H3. The molecule has 20 heavy (non-hydrogen) atoms. The van der Waals surface area contributed by atoms with Gasteiger partial charge in [0, 0.05) is 11.1 Å². The predicted octanol–water partition coefficient (Wildman–Crippen LogP) is 4.81. The minimum absolute atomic E-state index is 0.0974. The molecule has 2 aromatic carbocycles. The Hall–Kier alpha value is -1.29. The van der Waals surface area contributed by atoms with Gasteiger partial charge in [-0.2, -0.15) is 0 Å². The van der Waals surface area contributed by atoms with Crippen LogP contribution >= 0.6 is 23.2 Å². The first-order valence-corrected chi connectivity index (χ1v) is 6.89. The van der Waals surface area contributed by atoms with Crippen LogP contribution in [-0.4, -0.2) is 6.04 Å². The van der Waals surface area contributed by atoms with E-state index in [0.29, 0.717) is 27.8 Å². The van der Waals surface area contributed by atoms with Crippen molar-refractivity contribution < 1.29 is 9.13 Å². The molecule has 106 valence electrons. The van der Waals surface area contributed by atoms with Gasteiger partial charge in [-0.3, -0.25) is 0 Å². The first-order valence-electron chi connectivity index (χ1n) is 6.13. The molecular formula is C15H14Cl2FNO. The molecule has 2 nitrogen and oxygen atoms in total. The van der Waals surface area contributed by atoms with E-state index in [2.05, 4.69) is 0 Å². The molecule has 1 atom stereocenters. The number of hydrogen-bond acceptors (Lipinski definition) is 2. The number of para-hydroxylation sites is 1. The lowest BCUT2D eigenvalue weighted by Crippen LogP contribution is -2.18. The lowest BCUT2D eigenvalue weighted by atomic mass is 10.1. The maximum absolute atomic E-state index is 14.0. The molecule has 0 aromatic heterocycles. The van der Waals surface area contributed by atoms with Gasteiger partial charge in [-0.05, 0) is 43.2 Å². The molecule has 0 aliphatic heterocycles. The first kappa shape index (κ1) is 15.1. The monoisotopic (exact) mass is 313 g/mol. The molecule has 2 aromatic rings. The van der Waals surface area contributed by atoms with Crippen LogP contribution in [0.4, 0.5) is 4.39 Å². The largest absolute Gasteiger partial charge is 0.452 e. The van der Waals surface area contributed by atoms with Crippen LogP contribution in [0.2, 0.25) is 10.0 Å². The third-order valence-electron chi connectivity index (χ3n) is 2.70. The first-order chi connectivity index (χ1) is 9.47. The normalized spacial score (nSPS) is 12.2. The molecule has 0 saturated heterocycles. The van der Waals surface area contributed by atoms with E-state index in [9.17, 15) is 4.39 Å². The highest BCUT2D eigenvalue weighted by Gasteiger charge is 2.14. The smallest absolute Gasteiger partial charge is 0.166 e. The highest BCUT2D eigenvalue weighted by atomic mass is 35.5. The van der Waals surface area contributed by atoms with Crippen molar-refractivity contribution >= 4 is 23.2 Å². The van der Waals surface area contributed by atoms with E-state index in [1.165, 1.54) is 6.07 Å². The summed E-state index contributed by atoms with van der Waals surface area (Å²) in [4.78, 5) is 0. The number of nitrogens with two attached hydrogens (primary N) is 1. The topological polar surface area (TPSA) is 35.2 Å². The Morgan fingerprint density at radius 2 is 2.00 bits per heavy atom. The van der Waals surface area contributed by atoms with Gasteiger partial charge >= 0.3 is 0 Å². The molecule has 0 aliphatic carbocycles. The number of benzene rings is 2. The fourth-order valence-electron chi connectivity index (χ4n) is 1.84. The summed E-state index contributed by atoms with van der Waals surface area (Å²) in [5.74, 6) is 0.0512. The van der Waals surface area contributed by atoms with Crippen molar-refractivity contribution in [2.24, 2.45) is 5.73 Å². The summed E-state index contributed by atoms with van der Waals surface area (Å²) in [5.41, 5.74) is 6.47. The third-order valence-corrected chi connectivity index (χ3v) is 3.23. The van der Waals surface area contributed by atoms with Crippen LogP contribution in [0.1, 0.15) is 12.5 Å². The van der Waals surface area contributed by atoms with Gasteiger partial charge in [-0.1, -0.05) is 35.3 Å². The Morgan fingerprint density at radius 3 is 2.65 bits per heavy atom. The van der Waals surface area contributed by atoms with Gasteiger partial charge in [0.2, 0.25) is 0 Å². The summed E-state index contributed by atoms with van der Waals surface area (Å²) in [6.07, 6.45) is 0.512. The van der Waals surface area contributed by atoms with Crippen LogP contribution in [-0.2, 0) is 6.42 Å². The van der Waals surface area contributed by atoms with Crippen molar-refractivity contribution in [1.82, 2.24) is 0 Å². The molecule has 0 amide bonds. The molecular weight excluding hydrogens is 300 g/mol. The van der Waals surface area contributed by atoms with Crippen molar-refractivity contribution in [3.8, 4) is 11.5 Å². The molecule has 1 unspecified atom stereocenters. The van der Waals surface area contributed by atoms with Gasteiger partial charge in [-0.25, -0.2) is 4.39 Å². The average Bonchev–Trinajstić information content (AvgIpc) is 2.35. The number of hydrogen-bond donors (Lipinski definition) is 1. The van der Waals surface area contributed by atoms with Crippen LogP contribution in [0.3, 0.4) is 0 Å². The van der Waals surface area contributed by atoms with Crippen molar-refractivity contribution in [2.45, 2.75) is 19.4 Å². The van der Waals surface area contributed by atoms with Gasteiger partial charge in [0.05, 0.1) is 5.02 Å². The Kier molecular flexibility index (Phi) is 4.86. The van der Waals surface area contributed by atoms with E-state index < -0.39 is 5.82 Å². The summed E-state index contributed by atoms with van der Waals surface area (Å²) in [5, 5.41) is 0.819. The SMILES string of the molecule is CC(N)Cc1cccc(F)c1Oc1ccc(Cl)cc1Cl. The summed E-state index contributed by atoms with van der Waals surface area (Å²) in [6, 6.07) is 9.44. The highest BCUT2D eigenvalue weighted by Crippen LogP contribution is 2.34. The summed E-state index contributed by atoms with van der Waals surface area (Å²) in [6.45, 7) is 1.85. The molecule has 0 bridgehead atoms. The Balaban J connectivity index is 2.37. The van der Waals surface area contributed by atoms with Gasteiger partial charge < -0.3 is 10.5 Å².